The Morgan fingerprint density at radius 2 is 1.84 bits per heavy atom. The van der Waals surface area contributed by atoms with Crippen LogP contribution >= 0.6 is 11.6 Å². The van der Waals surface area contributed by atoms with Gasteiger partial charge in [-0.3, -0.25) is 5.84 Å². The van der Waals surface area contributed by atoms with E-state index in [1.165, 1.54) is 5.56 Å². The standard InChI is InChI=1S/C16H19ClN2/c1-3-12-4-6-13(7-5-12)16(19-18)15-9-8-14(17)10-11(15)2/h4-10,16,19H,3,18H2,1-2H3. The Kier molecular flexibility index (Phi) is 4.59. The highest BCUT2D eigenvalue weighted by molar-refractivity contribution is 6.30. The monoisotopic (exact) mass is 274 g/mol. The number of rotatable bonds is 4. The Bertz CT molecular complexity index is 549. The minimum atomic E-state index is -0.0110. The average molecular weight is 275 g/mol. The van der Waals surface area contributed by atoms with Crippen molar-refractivity contribution in [1.82, 2.24) is 5.43 Å². The van der Waals surface area contributed by atoms with Gasteiger partial charge in [-0.1, -0.05) is 48.9 Å². The quantitative estimate of drug-likeness (QED) is 0.658. The van der Waals surface area contributed by atoms with Gasteiger partial charge in [-0.05, 0) is 47.7 Å². The molecule has 0 heterocycles. The summed E-state index contributed by atoms with van der Waals surface area (Å²) in [5.41, 5.74) is 7.66. The van der Waals surface area contributed by atoms with E-state index in [9.17, 15) is 0 Å². The fourth-order valence-corrected chi connectivity index (χ4v) is 2.50. The summed E-state index contributed by atoms with van der Waals surface area (Å²) in [4.78, 5) is 0. The van der Waals surface area contributed by atoms with Crippen molar-refractivity contribution in [1.29, 1.82) is 0 Å². The van der Waals surface area contributed by atoms with Gasteiger partial charge in [-0.2, -0.15) is 0 Å². The van der Waals surface area contributed by atoms with Crippen LogP contribution in [0.4, 0.5) is 0 Å². The lowest BCUT2D eigenvalue weighted by molar-refractivity contribution is 0.633. The Balaban J connectivity index is 2.37. The maximum atomic E-state index is 6.00. The molecule has 3 N–H and O–H groups in total. The zero-order chi connectivity index (χ0) is 13.8. The molecule has 2 nitrogen and oxygen atoms in total. The van der Waals surface area contributed by atoms with Crippen molar-refractivity contribution in [2.24, 2.45) is 5.84 Å². The van der Waals surface area contributed by atoms with Crippen LogP contribution in [-0.2, 0) is 6.42 Å². The summed E-state index contributed by atoms with van der Waals surface area (Å²) in [5.74, 6) is 5.73. The minimum Gasteiger partial charge on any atom is -0.271 e. The molecule has 0 aromatic heterocycles. The Morgan fingerprint density at radius 1 is 1.16 bits per heavy atom. The van der Waals surface area contributed by atoms with E-state index in [1.54, 1.807) is 0 Å². The molecule has 0 saturated carbocycles. The molecule has 0 fully saturated rings. The fraction of sp³-hybridized carbons (Fsp3) is 0.250. The van der Waals surface area contributed by atoms with Crippen molar-refractivity contribution in [3.8, 4) is 0 Å². The lowest BCUT2D eigenvalue weighted by Gasteiger charge is -2.19. The third kappa shape index (κ3) is 3.16. The first-order chi connectivity index (χ1) is 9.15. The Labute approximate surface area is 119 Å². The molecule has 0 saturated heterocycles. The van der Waals surface area contributed by atoms with Gasteiger partial charge in [0.2, 0.25) is 0 Å². The topological polar surface area (TPSA) is 38.0 Å². The molecule has 0 aliphatic heterocycles. The third-order valence-corrected chi connectivity index (χ3v) is 3.67. The predicted molar refractivity (Wildman–Crippen MR) is 81.2 cm³/mol. The van der Waals surface area contributed by atoms with Crippen LogP contribution in [0, 0.1) is 6.92 Å². The maximum absolute atomic E-state index is 6.00. The van der Waals surface area contributed by atoms with Crippen LogP contribution in [0.15, 0.2) is 42.5 Å². The average Bonchev–Trinajstić information content (AvgIpc) is 2.42. The SMILES string of the molecule is CCc1ccc(C(NN)c2ccc(Cl)cc2C)cc1. The number of nitrogens with one attached hydrogen (secondary N) is 1. The maximum Gasteiger partial charge on any atom is 0.0712 e. The van der Waals surface area contributed by atoms with Crippen LogP contribution in [0.1, 0.15) is 35.2 Å². The van der Waals surface area contributed by atoms with Crippen LogP contribution < -0.4 is 11.3 Å². The summed E-state index contributed by atoms with van der Waals surface area (Å²) in [7, 11) is 0. The highest BCUT2D eigenvalue weighted by Crippen LogP contribution is 2.26. The van der Waals surface area contributed by atoms with Gasteiger partial charge in [0.15, 0.2) is 0 Å². The molecule has 2 aromatic carbocycles. The molecule has 0 radical (unpaired) electrons. The van der Waals surface area contributed by atoms with E-state index < -0.39 is 0 Å². The highest BCUT2D eigenvalue weighted by atomic mass is 35.5. The van der Waals surface area contributed by atoms with Gasteiger partial charge in [-0.25, -0.2) is 5.43 Å². The molecule has 100 valence electrons. The van der Waals surface area contributed by atoms with Gasteiger partial charge in [-0.15, -0.1) is 0 Å². The fourth-order valence-electron chi connectivity index (χ4n) is 2.27. The van der Waals surface area contributed by atoms with E-state index in [0.717, 1.165) is 28.1 Å². The van der Waals surface area contributed by atoms with Crippen LogP contribution in [0.5, 0.6) is 0 Å². The van der Waals surface area contributed by atoms with Crippen molar-refractivity contribution in [2.45, 2.75) is 26.3 Å². The summed E-state index contributed by atoms with van der Waals surface area (Å²) < 4.78 is 0. The second-order valence-electron chi connectivity index (χ2n) is 4.70. The van der Waals surface area contributed by atoms with Gasteiger partial charge < -0.3 is 0 Å². The third-order valence-electron chi connectivity index (χ3n) is 3.43. The molecule has 19 heavy (non-hydrogen) atoms. The van der Waals surface area contributed by atoms with Crippen molar-refractivity contribution in [3.63, 3.8) is 0 Å². The smallest absolute Gasteiger partial charge is 0.0712 e. The number of aryl methyl sites for hydroxylation is 2. The molecule has 1 unspecified atom stereocenters. The first kappa shape index (κ1) is 14.1. The zero-order valence-electron chi connectivity index (χ0n) is 11.3. The van der Waals surface area contributed by atoms with Gasteiger partial charge in [0.1, 0.15) is 0 Å². The lowest BCUT2D eigenvalue weighted by atomic mass is 9.94. The molecule has 0 aliphatic carbocycles. The molecule has 2 aromatic rings. The summed E-state index contributed by atoms with van der Waals surface area (Å²) in [5, 5.41) is 0.748. The second-order valence-corrected chi connectivity index (χ2v) is 5.13. The van der Waals surface area contributed by atoms with Crippen LogP contribution in [0.25, 0.3) is 0 Å². The molecule has 0 aliphatic rings. The molecular formula is C16H19ClN2. The van der Waals surface area contributed by atoms with Gasteiger partial charge >= 0.3 is 0 Å². The van der Waals surface area contributed by atoms with Crippen molar-refractivity contribution >= 4 is 11.6 Å². The summed E-state index contributed by atoms with van der Waals surface area (Å²) in [6.45, 7) is 4.20. The number of nitrogens with two attached hydrogens (primary N) is 1. The first-order valence-electron chi connectivity index (χ1n) is 6.46. The van der Waals surface area contributed by atoms with Crippen LogP contribution in [-0.4, -0.2) is 0 Å². The van der Waals surface area contributed by atoms with Crippen molar-refractivity contribution in [2.75, 3.05) is 0 Å². The van der Waals surface area contributed by atoms with E-state index in [-0.39, 0.29) is 6.04 Å². The van der Waals surface area contributed by atoms with Crippen LogP contribution in [0.3, 0.4) is 0 Å². The molecule has 3 heteroatoms. The normalized spacial score (nSPS) is 12.4. The van der Waals surface area contributed by atoms with E-state index in [2.05, 4.69) is 36.6 Å². The van der Waals surface area contributed by atoms with Gasteiger partial charge in [0, 0.05) is 5.02 Å². The number of hydrogen-bond donors (Lipinski definition) is 2. The second kappa shape index (κ2) is 6.20. The van der Waals surface area contributed by atoms with E-state index in [0.29, 0.717) is 0 Å². The van der Waals surface area contributed by atoms with Crippen molar-refractivity contribution < 1.29 is 0 Å². The molecule has 0 amide bonds. The van der Waals surface area contributed by atoms with Crippen molar-refractivity contribution in [3.05, 3.63) is 69.7 Å². The molecule has 2 rings (SSSR count). The summed E-state index contributed by atoms with van der Waals surface area (Å²) in [6, 6.07) is 14.4. The van der Waals surface area contributed by atoms with E-state index in [1.807, 2.05) is 25.1 Å². The van der Waals surface area contributed by atoms with Gasteiger partial charge in [0.25, 0.3) is 0 Å². The molecule has 0 bridgehead atoms. The molecular weight excluding hydrogens is 256 g/mol. The van der Waals surface area contributed by atoms with E-state index >= 15 is 0 Å². The number of halogens is 1. The zero-order valence-corrected chi connectivity index (χ0v) is 12.0. The van der Waals surface area contributed by atoms with Gasteiger partial charge in [0.05, 0.1) is 6.04 Å². The van der Waals surface area contributed by atoms with Crippen LogP contribution in [0.2, 0.25) is 5.02 Å². The van der Waals surface area contributed by atoms with E-state index in [4.69, 9.17) is 17.4 Å². The highest BCUT2D eigenvalue weighted by Gasteiger charge is 2.14. The molecule has 1 atom stereocenters. The number of benzene rings is 2. The Morgan fingerprint density at radius 3 is 2.37 bits per heavy atom. The number of hydrogen-bond acceptors (Lipinski definition) is 2. The number of hydrazine groups is 1. The Hall–Kier alpha value is -1.35. The largest absolute Gasteiger partial charge is 0.271 e. The minimum absolute atomic E-state index is 0.0110. The predicted octanol–water partition coefficient (Wildman–Crippen LogP) is 3.76. The first-order valence-corrected chi connectivity index (χ1v) is 6.84. The summed E-state index contributed by atoms with van der Waals surface area (Å²) in [6.07, 6.45) is 1.04. The molecule has 0 spiro atoms. The lowest BCUT2D eigenvalue weighted by Crippen LogP contribution is -2.29. The summed E-state index contributed by atoms with van der Waals surface area (Å²) >= 11 is 6.00.